The molecule has 6 aromatic rings. The fourth-order valence-corrected chi connectivity index (χ4v) is 11.4. The van der Waals surface area contributed by atoms with E-state index in [0.29, 0.717) is 34.3 Å². The van der Waals surface area contributed by atoms with E-state index in [0.717, 1.165) is 63.4 Å². The number of anilines is 2. The van der Waals surface area contributed by atoms with Gasteiger partial charge in [-0.1, -0.05) is 173 Å². The molecular weight excluding hydrogens is 961 g/mol. The molecule has 14 nitrogen and oxygen atoms in total. The summed E-state index contributed by atoms with van der Waals surface area (Å²) in [6, 6.07) is 20.3. The van der Waals surface area contributed by atoms with Gasteiger partial charge in [0.25, 0.3) is 20.0 Å². The number of nitrogens with one attached hydrogen (secondary N) is 2. The Balaban J connectivity index is 1.13. The molecule has 0 aliphatic carbocycles. The number of aryl methyl sites for hydroxylation is 1. The predicted molar refractivity (Wildman–Crippen MR) is 293 cm³/mol. The minimum atomic E-state index is -4.40. The van der Waals surface area contributed by atoms with E-state index in [1.807, 2.05) is 0 Å². The summed E-state index contributed by atoms with van der Waals surface area (Å²) in [7, 11) is -8.65. The van der Waals surface area contributed by atoms with Gasteiger partial charge in [-0.25, -0.2) is 21.8 Å². The molecule has 2 aromatic heterocycles. The largest absolute Gasteiger partial charge is 0.508 e. The van der Waals surface area contributed by atoms with Gasteiger partial charge in [0.05, 0.1) is 24.6 Å². The number of rotatable bonds is 35. The molecule has 0 fully saturated rings. The van der Waals surface area contributed by atoms with Crippen molar-refractivity contribution in [3.8, 4) is 34.4 Å². The van der Waals surface area contributed by atoms with E-state index in [1.54, 1.807) is 55.5 Å². The lowest BCUT2D eigenvalue weighted by Crippen LogP contribution is -2.17. The van der Waals surface area contributed by atoms with Crippen LogP contribution in [0.2, 0.25) is 0 Å². The number of aromatic nitrogens is 4. The zero-order chi connectivity index (χ0) is 52.1. The number of hydrogen-bond acceptors (Lipinski definition) is 11. The maximum absolute atomic E-state index is 14.5. The summed E-state index contributed by atoms with van der Waals surface area (Å²) in [5.41, 5.74) is 2.57. The van der Waals surface area contributed by atoms with Crippen LogP contribution in [0.3, 0.4) is 0 Å². The number of ether oxygens (including phenoxy) is 2. The van der Waals surface area contributed by atoms with E-state index in [-0.39, 0.29) is 63.0 Å². The number of nitrogens with zero attached hydrogens (tertiary/aromatic N) is 4. The van der Waals surface area contributed by atoms with Crippen LogP contribution in [0.1, 0.15) is 172 Å². The fraction of sp³-hybridized carbons (Fsp3) is 0.491. The molecule has 4 N–H and O–H groups in total. The Morgan fingerprint density at radius 1 is 0.562 bits per heavy atom. The molecule has 0 saturated heterocycles. The van der Waals surface area contributed by atoms with Crippen molar-refractivity contribution in [3.05, 3.63) is 101 Å². The number of unbranched alkanes of at least 4 members (excludes halogenated alkanes) is 20. The van der Waals surface area contributed by atoms with Gasteiger partial charge in [0, 0.05) is 28.5 Å². The standard InChI is InChI=1S/C57H78N6O8S2/c1-5-7-9-11-13-14-15-16-17-18-19-20-21-22-24-26-38-71-53-36-34-47(62-72(66,67)54-39-43(3)33-35-52(54)70-37-25-23-12-10-8-6-2)41-55(53)73(68,69)61-46-30-27-29-45(40-46)56-58-57-44(4)49(59-63(57)60-56)42-48-50(64)31-28-32-51(48)65/h27-36,39-41,61-62,64-65H,4-26,37-38,42H2,1-3H3. The van der Waals surface area contributed by atoms with Gasteiger partial charge in [0.2, 0.25) is 0 Å². The summed E-state index contributed by atoms with van der Waals surface area (Å²) in [4.78, 5) is 4.36. The molecule has 0 atom stereocenters. The third-order valence-electron chi connectivity index (χ3n) is 13.2. The topological polar surface area (TPSA) is 194 Å². The highest BCUT2D eigenvalue weighted by atomic mass is 32.2. The predicted octanol–water partition coefficient (Wildman–Crippen LogP) is 13.2. The zero-order valence-electron chi connectivity index (χ0n) is 43.3. The van der Waals surface area contributed by atoms with Gasteiger partial charge < -0.3 is 19.7 Å². The van der Waals surface area contributed by atoms with Gasteiger partial charge in [0.15, 0.2) is 11.5 Å². The van der Waals surface area contributed by atoms with Gasteiger partial charge in [-0.15, -0.1) is 9.73 Å². The molecule has 0 saturated carbocycles. The molecule has 0 unspecified atom stereocenters. The second-order valence-corrected chi connectivity index (χ2v) is 22.6. The molecule has 0 amide bonds. The first-order valence-corrected chi connectivity index (χ1v) is 29.7. The molecule has 0 aliphatic rings. The first-order valence-electron chi connectivity index (χ1n) is 26.7. The van der Waals surface area contributed by atoms with E-state index in [4.69, 9.17) is 9.47 Å². The highest BCUT2D eigenvalue weighted by Crippen LogP contribution is 2.34. The van der Waals surface area contributed by atoms with Crippen LogP contribution in [-0.4, -0.2) is 60.1 Å². The monoisotopic (exact) mass is 1040 g/mol. The van der Waals surface area contributed by atoms with Gasteiger partial charge in [-0.05, 0) is 79.9 Å². The van der Waals surface area contributed by atoms with Crippen LogP contribution in [0.15, 0.2) is 88.7 Å². The highest BCUT2D eigenvalue weighted by molar-refractivity contribution is 7.93. The second kappa shape index (κ2) is 28.5. The number of benzene rings is 4. The zero-order valence-corrected chi connectivity index (χ0v) is 45.0. The van der Waals surface area contributed by atoms with Gasteiger partial charge in [-0.2, -0.15) is 5.10 Å². The number of phenolic OH excluding ortho intramolecular Hbond substituents is 2. The molecule has 73 heavy (non-hydrogen) atoms. The number of phenols is 2. The molecule has 0 aliphatic heterocycles. The average molecular weight is 1040 g/mol. The lowest BCUT2D eigenvalue weighted by molar-refractivity contribution is 0.296. The summed E-state index contributed by atoms with van der Waals surface area (Å²) in [5.74, 6) is 0.422. The Hall–Kier alpha value is -5.87. The van der Waals surface area contributed by atoms with Crippen molar-refractivity contribution in [3.63, 3.8) is 0 Å². The first kappa shape index (κ1) is 56.4. The molecule has 2 heterocycles. The lowest BCUT2D eigenvalue weighted by Gasteiger charge is -2.17. The smallest absolute Gasteiger partial charge is 0.265 e. The molecule has 0 bridgehead atoms. The van der Waals surface area contributed by atoms with E-state index in [9.17, 15) is 27.0 Å². The van der Waals surface area contributed by atoms with Crippen LogP contribution in [-0.2, 0) is 26.5 Å². The number of hydrogen-bond donors (Lipinski definition) is 4. The van der Waals surface area contributed by atoms with Gasteiger partial charge >= 0.3 is 0 Å². The maximum Gasteiger partial charge on any atom is 0.265 e. The molecule has 0 radical (unpaired) electrons. The summed E-state index contributed by atoms with van der Waals surface area (Å²) < 4.78 is 76.0. The molecule has 396 valence electrons. The SMILES string of the molecule is C=c1c(Cc2c(O)cccc2O)nn2nc(-c3cccc(NS(=O)(=O)c4cc(NS(=O)(=O)c5cc(C)ccc5OCCCCCCCC)ccc4OCCCCCCCCCCCCCCCCCC)c3)nc12. The number of sulfonamides is 2. The molecular formula is C57H78N6O8S2. The van der Waals surface area contributed by atoms with Gasteiger partial charge in [0.1, 0.15) is 32.8 Å². The summed E-state index contributed by atoms with van der Waals surface area (Å²) >= 11 is 0. The lowest BCUT2D eigenvalue weighted by atomic mass is 10.0. The third-order valence-corrected chi connectivity index (χ3v) is 16.0. The number of fused-ring (bicyclic) bond motifs is 1. The van der Waals surface area contributed by atoms with Crippen molar-refractivity contribution in [1.29, 1.82) is 0 Å². The van der Waals surface area contributed by atoms with Crippen LogP contribution in [0.4, 0.5) is 11.4 Å². The van der Waals surface area contributed by atoms with Crippen molar-refractivity contribution in [1.82, 2.24) is 19.8 Å². The Morgan fingerprint density at radius 2 is 1.03 bits per heavy atom. The fourth-order valence-electron chi connectivity index (χ4n) is 8.93. The van der Waals surface area contributed by atoms with Crippen LogP contribution >= 0.6 is 0 Å². The summed E-state index contributed by atoms with van der Waals surface area (Å²) in [5, 5.41) is 30.1. The van der Waals surface area contributed by atoms with Crippen molar-refractivity contribution >= 4 is 43.6 Å². The Bertz CT molecular complexity index is 2920. The van der Waals surface area contributed by atoms with E-state index in [2.05, 4.69) is 45.1 Å². The minimum Gasteiger partial charge on any atom is -0.508 e. The summed E-state index contributed by atoms with van der Waals surface area (Å²) in [6.45, 7) is 11.0. The molecule has 4 aromatic carbocycles. The normalized spacial score (nSPS) is 11.9. The second-order valence-electron chi connectivity index (χ2n) is 19.3. The Labute approximate surface area is 434 Å². The van der Waals surface area contributed by atoms with E-state index >= 15 is 0 Å². The average Bonchev–Trinajstić information content (AvgIpc) is 3.92. The Kier molecular flexibility index (Phi) is 22.1. The molecule has 0 spiro atoms. The van der Waals surface area contributed by atoms with E-state index in [1.165, 1.54) is 118 Å². The van der Waals surface area contributed by atoms with Gasteiger partial charge in [-0.3, -0.25) is 9.44 Å². The highest BCUT2D eigenvalue weighted by Gasteiger charge is 2.26. The maximum atomic E-state index is 14.5. The van der Waals surface area contributed by atoms with Crippen molar-refractivity contribution < 1.29 is 36.5 Å². The Morgan fingerprint density at radius 3 is 1.55 bits per heavy atom. The van der Waals surface area contributed by atoms with Crippen LogP contribution in [0, 0.1) is 6.92 Å². The molecule has 6 rings (SSSR count). The van der Waals surface area contributed by atoms with Crippen molar-refractivity contribution in [2.45, 2.75) is 178 Å². The van der Waals surface area contributed by atoms with Crippen molar-refractivity contribution in [2.75, 3.05) is 22.7 Å². The number of aromatic hydroxyl groups is 2. The third kappa shape index (κ3) is 17.1. The van der Waals surface area contributed by atoms with Crippen molar-refractivity contribution in [2.24, 2.45) is 0 Å². The summed E-state index contributed by atoms with van der Waals surface area (Å²) in [6.07, 6.45) is 26.2. The van der Waals surface area contributed by atoms with Crippen LogP contribution in [0.5, 0.6) is 23.0 Å². The minimum absolute atomic E-state index is 0.0295. The van der Waals surface area contributed by atoms with Crippen LogP contribution in [0.25, 0.3) is 23.6 Å². The van der Waals surface area contributed by atoms with E-state index < -0.39 is 20.0 Å². The quantitative estimate of drug-likeness (QED) is 0.0277. The van der Waals surface area contributed by atoms with Crippen LogP contribution < -0.4 is 24.1 Å². The first-order chi connectivity index (χ1) is 35.3. The molecule has 16 heteroatoms.